The van der Waals surface area contributed by atoms with Gasteiger partial charge in [-0.2, -0.15) is 5.10 Å². The predicted molar refractivity (Wildman–Crippen MR) is 85.4 cm³/mol. The molecule has 0 aliphatic rings. The lowest BCUT2D eigenvalue weighted by molar-refractivity contribution is -0.386. The fraction of sp³-hybridized carbons (Fsp3) is 0.125. The molecule has 8 nitrogen and oxygen atoms in total. The van der Waals surface area contributed by atoms with Crippen molar-refractivity contribution in [3.63, 3.8) is 0 Å². The molecule has 2 heterocycles. The Labute approximate surface area is 137 Å². The minimum absolute atomic E-state index is 0.0795. The van der Waals surface area contributed by atoms with Crippen LogP contribution < -0.4 is 9.47 Å². The third kappa shape index (κ3) is 3.17. The first kappa shape index (κ1) is 15.5. The molecule has 0 atom stereocenters. The van der Waals surface area contributed by atoms with Crippen molar-refractivity contribution in [2.45, 2.75) is 6.92 Å². The van der Waals surface area contributed by atoms with Crippen LogP contribution in [-0.4, -0.2) is 19.7 Å². The first-order valence-electron chi connectivity index (χ1n) is 7.09. The van der Waals surface area contributed by atoms with Gasteiger partial charge in [0, 0.05) is 19.3 Å². The molecule has 0 bridgehead atoms. The zero-order valence-corrected chi connectivity index (χ0v) is 13.0. The van der Waals surface area contributed by atoms with Gasteiger partial charge in [-0.05, 0) is 37.3 Å². The molecular weight excluding hydrogens is 312 g/mol. The van der Waals surface area contributed by atoms with E-state index in [9.17, 15) is 10.1 Å². The van der Waals surface area contributed by atoms with Gasteiger partial charge < -0.3 is 9.47 Å². The van der Waals surface area contributed by atoms with E-state index in [-0.39, 0.29) is 11.6 Å². The molecule has 0 saturated heterocycles. The van der Waals surface area contributed by atoms with E-state index in [1.807, 2.05) is 6.07 Å². The van der Waals surface area contributed by atoms with Crippen LogP contribution in [0.4, 0.5) is 5.69 Å². The van der Waals surface area contributed by atoms with Crippen molar-refractivity contribution < 1.29 is 14.4 Å². The molecular formula is C16H14N4O4. The van der Waals surface area contributed by atoms with Crippen LogP contribution >= 0.6 is 0 Å². The number of hydrogen-bond donors (Lipinski definition) is 0. The minimum Gasteiger partial charge on any atom is -0.439 e. The van der Waals surface area contributed by atoms with E-state index in [0.29, 0.717) is 23.1 Å². The number of benzene rings is 1. The molecule has 3 rings (SSSR count). The summed E-state index contributed by atoms with van der Waals surface area (Å²) in [5.74, 6) is 1.58. The zero-order valence-electron chi connectivity index (χ0n) is 13.0. The fourth-order valence-electron chi connectivity index (χ4n) is 2.17. The average molecular weight is 326 g/mol. The molecule has 0 N–H and O–H groups in total. The Kier molecular flexibility index (Phi) is 4.11. The normalized spacial score (nSPS) is 10.4. The SMILES string of the molecule is Cc1nn(C)c(Oc2ccc(Oc3ccccn3)cc2)c1[N+](=O)[O-]. The van der Waals surface area contributed by atoms with Gasteiger partial charge in [-0.1, -0.05) is 6.07 Å². The summed E-state index contributed by atoms with van der Waals surface area (Å²) in [6, 6.07) is 12.1. The number of rotatable bonds is 5. The molecule has 0 amide bonds. The third-order valence-corrected chi connectivity index (χ3v) is 3.22. The largest absolute Gasteiger partial charge is 0.439 e. The van der Waals surface area contributed by atoms with Crippen LogP contribution in [0.3, 0.4) is 0 Å². The minimum atomic E-state index is -0.504. The summed E-state index contributed by atoms with van der Waals surface area (Å²) in [6.07, 6.45) is 1.64. The number of hydrogen-bond acceptors (Lipinski definition) is 6. The van der Waals surface area contributed by atoms with Crippen molar-refractivity contribution in [2.75, 3.05) is 0 Å². The highest BCUT2D eigenvalue weighted by molar-refractivity contribution is 5.48. The van der Waals surface area contributed by atoms with Crippen LogP contribution in [-0.2, 0) is 7.05 Å². The first-order valence-corrected chi connectivity index (χ1v) is 7.09. The van der Waals surface area contributed by atoms with Crippen LogP contribution in [0.5, 0.6) is 23.3 Å². The maximum Gasteiger partial charge on any atom is 0.353 e. The first-order chi connectivity index (χ1) is 11.5. The number of pyridine rings is 1. The number of nitrogens with zero attached hydrogens (tertiary/aromatic N) is 4. The van der Waals surface area contributed by atoms with E-state index in [4.69, 9.17) is 9.47 Å². The lowest BCUT2D eigenvalue weighted by atomic mass is 10.3. The van der Waals surface area contributed by atoms with E-state index in [1.54, 1.807) is 56.6 Å². The van der Waals surface area contributed by atoms with E-state index in [0.717, 1.165) is 0 Å². The molecule has 0 radical (unpaired) electrons. The van der Waals surface area contributed by atoms with Crippen molar-refractivity contribution in [1.82, 2.24) is 14.8 Å². The van der Waals surface area contributed by atoms with Gasteiger partial charge in [-0.15, -0.1) is 0 Å². The number of nitro groups is 1. The Bertz CT molecular complexity index is 860. The number of ether oxygens (including phenoxy) is 2. The Balaban J connectivity index is 1.79. The van der Waals surface area contributed by atoms with Crippen LogP contribution in [0.1, 0.15) is 5.69 Å². The van der Waals surface area contributed by atoms with Crippen LogP contribution in [0.25, 0.3) is 0 Å². The van der Waals surface area contributed by atoms with E-state index in [1.165, 1.54) is 4.68 Å². The van der Waals surface area contributed by atoms with Crippen molar-refractivity contribution >= 4 is 5.69 Å². The van der Waals surface area contributed by atoms with Crippen LogP contribution in [0.2, 0.25) is 0 Å². The summed E-state index contributed by atoms with van der Waals surface area (Å²) >= 11 is 0. The maximum absolute atomic E-state index is 11.1. The Hall–Kier alpha value is -3.42. The lowest BCUT2D eigenvalue weighted by Gasteiger charge is -2.07. The van der Waals surface area contributed by atoms with Gasteiger partial charge in [0.25, 0.3) is 5.88 Å². The molecule has 8 heteroatoms. The molecule has 122 valence electrons. The zero-order chi connectivity index (χ0) is 17.1. The molecule has 0 unspecified atom stereocenters. The van der Waals surface area contributed by atoms with Gasteiger partial charge in [0.2, 0.25) is 5.88 Å². The summed E-state index contributed by atoms with van der Waals surface area (Å²) in [5.41, 5.74) is 0.152. The molecule has 0 spiro atoms. The molecule has 0 aliphatic heterocycles. The summed E-state index contributed by atoms with van der Waals surface area (Å²) in [4.78, 5) is 14.7. The highest BCUT2D eigenvalue weighted by Crippen LogP contribution is 2.34. The summed E-state index contributed by atoms with van der Waals surface area (Å²) in [6.45, 7) is 1.56. The second-order valence-electron chi connectivity index (χ2n) is 4.96. The maximum atomic E-state index is 11.1. The number of aryl methyl sites for hydroxylation is 2. The van der Waals surface area contributed by atoms with Gasteiger partial charge in [0.1, 0.15) is 17.2 Å². The summed E-state index contributed by atoms with van der Waals surface area (Å²) < 4.78 is 12.5. The molecule has 24 heavy (non-hydrogen) atoms. The highest BCUT2D eigenvalue weighted by atomic mass is 16.6. The molecule has 0 fully saturated rings. The van der Waals surface area contributed by atoms with E-state index >= 15 is 0 Å². The van der Waals surface area contributed by atoms with Crippen molar-refractivity contribution in [3.8, 4) is 23.3 Å². The van der Waals surface area contributed by atoms with Crippen molar-refractivity contribution in [1.29, 1.82) is 0 Å². The molecule has 0 saturated carbocycles. The molecule has 3 aromatic rings. The third-order valence-electron chi connectivity index (χ3n) is 3.22. The van der Waals surface area contributed by atoms with E-state index < -0.39 is 4.92 Å². The smallest absolute Gasteiger partial charge is 0.353 e. The Morgan fingerprint density at radius 3 is 2.33 bits per heavy atom. The van der Waals surface area contributed by atoms with Gasteiger partial charge in [0.05, 0.1) is 4.92 Å². The molecule has 0 aliphatic carbocycles. The van der Waals surface area contributed by atoms with Gasteiger partial charge in [-0.3, -0.25) is 10.1 Å². The molecule has 2 aromatic heterocycles. The second kappa shape index (κ2) is 6.37. The standard InChI is InChI=1S/C16H14N4O4/c1-11-15(20(21)22)16(19(2)18-11)24-13-8-6-12(7-9-13)23-14-5-3-4-10-17-14/h3-10H,1-2H3. The lowest BCUT2D eigenvalue weighted by Crippen LogP contribution is -1.97. The topological polar surface area (TPSA) is 92.3 Å². The van der Waals surface area contributed by atoms with Crippen LogP contribution in [0.15, 0.2) is 48.7 Å². The monoisotopic (exact) mass is 326 g/mol. The van der Waals surface area contributed by atoms with Gasteiger partial charge in [0.15, 0.2) is 0 Å². The summed E-state index contributed by atoms with van der Waals surface area (Å²) in [7, 11) is 1.59. The average Bonchev–Trinajstić information content (AvgIpc) is 2.84. The fourth-order valence-corrected chi connectivity index (χ4v) is 2.17. The second-order valence-corrected chi connectivity index (χ2v) is 4.96. The molecule has 1 aromatic carbocycles. The Morgan fingerprint density at radius 1 is 1.08 bits per heavy atom. The van der Waals surface area contributed by atoms with Gasteiger partial charge >= 0.3 is 5.69 Å². The summed E-state index contributed by atoms with van der Waals surface area (Å²) in [5, 5.41) is 15.2. The quantitative estimate of drug-likeness (QED) is 0.525. The predicted octanol–water partition coefficient (Wildman–Crippen LogP) is 3.62. The highest BCUT2D eigenvalue weighted by Gasteiger charge is 2.26. The Morgan fingerprint density at radius 2 is 1.75 bits per heavy atom. The van der Waals surface area contributed by atoms with Gasteiger partial charge in [-0.25, -0.2) is 9.67 Å². The van der Waals surface area contributed by atoms with Crippen LogP contribution in [0, 0.1) is 17.0 Å². The van der Waals surface area contributed by atoms with Crippen molar-refractivity contribution in [2.24, 2.45) is 7.05 Å². The van der Waals surface area contributed by atoms with E-state index in [2.05, 4.69) is 10.1 Å². The number of aromatic nitrogens is 3. The van der Waals surface area contributed by atoms with Crippen molar-refractivity contribution in [3.05, 3.63) is 64.5 Å².